The predicted molar refractivity (Wildman–Crippen MR) is 146 cm³/mol. The molecule has 9 nitrogen and oxygen atoms in total. The molecule has 0 aliphatic carbocycles. The molecule has 0 radical (unpaired) electrons. The fourth-order valence-electron chi connectivity index (χ4n) is 5.74. The lowest BCUT2D eigenvalue weighted by Crippen LogP contribution is -2.48. The van der Waals surface area contributed by atoms with E-state index in [1.807, 2.05) is 16.8 Å². The van der Waals surface area contributed by atoms with Crippen molar-refractivity contribution < 1.29 is 4.74 Å². The molecule has 198 valence electrons. The van der Waals surface area contributed by atoms with Gasteiger partial charge in [-0.3, -0.25) is 14.6 Å². The number of nitrogens with one attached hydrogen (secondary N) is 1. The largest absolute Gasteiger partial charge is 0.376 e. The fourth-order valence-corrected chi connectivity index (χ4v) is 5.74. The third-order valence-electron chi connectivity index (χ3n) is 7.87. The highest BCUT2D eigenvalue weighted by Crippen LogP contribution is 2.29. The van der Waals surface area contributed by atoms with Gasteiger partial charge in [-0.25, -0.2) is 4.68 Å². The van der Waals surface area contributed by atoms with E-state index in [1.54, 1.807) is 0 Å². The molecule has 0 saturated carbocycles. The number of aromatic amines is 1. The highest BCUT2D eigenvalue weighted by molar-refractivity contribution is 5.80. The molecule has 2 aromatic heterocycles. The number of H-pyrrole nitrogens is 1. The number of rotatable bonds is 8. The second-order valence-corrected chi connectivity index (χ2v) is 10.4. The molecule has 4 aromatic rings. The number of hydrogen-bond donors (Lipinski definition) is 1. The van der Waals surface area contributed by atoms with Crippen molar-refractivity contribution in [3.8, 4) is 0 Å². The van der Waals surface area contributed by atoms with Crippen LogP contribution in [0.25, 0.3) is 10.9 Å². The molecule has 2 aliphatic heterocycles. The van der Waals surface area contributed by atoms with Crippen LogP contribution in [0.4, 0.5) is 0 Å². The van der Waals surface area contributed by atoms with Crippen molar-refractivity contribution in [1.82, 2.24) is 35.0 Å². The van der Waals surface area contributed by atoms with Crippen LogP contribution in [0.15, 0.2) is 59.4 Å². The van der Waals surface area contributed by atoms with E-state index in [-0.39, 0.29) is 17.7 Å². The fraction of sp³-hybridized carbons (Fsp3) is 0.448. The number of aromatic nitrogens is 5. The number of piperazine rings is 1. The zero-order valence-electron chi connectivity index (χ0n) is 21.9. The average Bonchev–Trinajstić information content (AvgIpc) is 3.63. The third kappa shape index (κ3) is 5.27. The highest BCUT2D eigenvalue weighted by Gasteiger charge is 2.33. The Kier molecular flexibility index (Phi) is 7.31. The van der Waals surface area contributed by atoms with Crippen LogP contribution in [0.1, 0.15) is 48.3 Å². The summed E-state index contributed by atoms with van der Waals surface area (Å²) in [7, 11) is 0. The Hall–Kier alpha value is -3.40. The van der Waals surface area contributed by atoms with Crippen molar-refractivity contribution in [2.24, 2.45) is 0 Å². The maximum Gasteiger partial charge on any atom is 0.253 e. The first-order valence-electron chi connectivity index (χ1n) is 13.7. The minimum atomic E-state index is -0.344. The highest BCUT2D eigenvalue weighted by atomic mass is 16.5. The first-order valence-corrected chi connectivity index (χ1v) is 13.7. The molecule has 2 atom stereocenters. The third-order valence-corrected chi connectivity index (χ3v) is 7.87. The van der Waals surface area contributed by atoms with Gasteiger partial charge in [0.1, 0.15) is 6.04 Å². The van der Waals surface area contributed by atoms with Crippen LogP contribution >= 0.6 is 0 Å². The Morgan fingerprint density at radius 3 is 2.66 bits per heavy atom. The summed E-state index contributed by atoms with van der Waals surface area (Å²) in [4.78, 5) is 21.5. The van der Waals surface area contributed by atoms with Gasteiger partial charge in [-0.05, 0) is 64.4 Å². The van der Waals surface area contributed by atoms with Crippen molar-refractivity contribution in [2.75, 3.05) is 32.8 Å². The Labute approximate surface area is 222 Å². The molecule has 0 amide bonds. The zero-order chi connectivity index (χ0) is 25.9. The Bertz CT molecular complexity index is 1420. The lowest BCUT2D eigenvalue weighted by Gasteiger charge is -2.38. The van der Waals surface area contributed by atoms with E-state index in [2.05, 4.69) is 79.7 Å². The lowest BCUT2D eigenvalue weighted by atomic mass is 10.0. The maximum atomic E-state index is 13.5. The number of hydrogen-bond acceptors (Lipinski definition) is 7. The van der Waals surface area contributed by atoms with E-state index in [0.717, 1.165) is 69.5 Å². The second kappa shape index (κ2) is 11.1. The summed E-state index contributed by atoms with van der Waals surface area (Å²) in [5, 5.41) is 13.9. The summed E-state index contributed by atoms with van der Waals surface area (Å²) in [6.07, 6.45) is 3.09. The number of fused-ring (bicyclic) bond motifs is 1. The lowest BCUT2D eigenvalue weighted by molar-refractivity contribution is 0.0840. The zero-order valence-corrected chi connectivity index (χ0v) is 21.9. The minimum absolute atomic E-state index is 0.0925. The molecule has 0 bridgehead atoms. The topological polar surface area (TPSA) is 92.2 Å². The standard InChI is InChI=1S/C29H35N7O2/c1-2-21-10-11-26-23(17-21)18-25(29(37)30-26)27(28-31-32-33-36(28)20-24-9-6-16-38-24)35-14-12-34(13-15-35)19-22-7-4-3-5-8-22/h3-5,7-8,10-11,17-18,24,27H,2,6,9,12-16,19-20H2,1H3,(H,30,37)/t24-,27-/m1/s1. The van der Waals surface area contributed by atoms with Crippen molar-refractivity contribution in [2.45, 2.75) is 51.4 Å². The first-order chi connectivity index (χ1) is 18.7. The normalized spacial score (nSPS) is 19.8. The van der Waals surface area contributed by atoms with Crippen LogP contribution in [-0.2, 0) is 24.2 Å². The number of benzene rings is 2. The Balaban J connectivity index is 1.33. The van der Waals surface area contributed by atoms with E-state index in [1.165, 1.54) is 11.1 Å². The van der Waals surface area contributed by atoms with Gasteiger partial charge in [0.15, 0.2) is 5.82 Å². The number of nitrogens with zero attached hydrogens (tertiary/aromatic N) is 6. The van der Waals surface area contributed by atoms with Crippen LogP contribution in [0.2, 0.25) is 0 Å². The summed E-state index contributed by atoms with van der Waals surface area (Å²) in [5.41, 5.74) is 4.00. The van der Waals surface area contributed by atoms with Crippen molar-refractivity contribution in [3.63, 3.8) is 0 Å². The molecule has 0 spiro atoms. The molecule has 6 rings (SSSR count). The second-order valence-electron chi connectivity index (χ2n) is 10.4. The van der Waals surface area contributed by atoms with Crippen LogP contribution in [-0.4, -0.2) is 73.9 Å². The van der Waals surface area contributed by atoms with Gasteiger partial charge in [0.05, 0.1) is 12.6 Å². The van der Waals surface area contributed by atoms with Crippen molar-refractivity contribution >= 4 is 10.9 Å². The molecule has 1 N–H and O–H groups in total. The van der Waals surface area contributed by atoms with Gasteiger partial charge in [0.25, 0.3) is 5.56 Å². The number of aryl methyl sites for hydroxylation is 1. The van der Waals surface area contributed by atoms with E-state index < -0.39 is 0 Å². The van der Waals surface area contributed by atoms with Crippen LogP contribution < -0.4 is 5.56 Å². The molecular formula is C29H35N7O2. The smallest absolute Gasteiger partial charge is 0.253 e. The van der Waals surface area contributed by atoms with Gasteiger partial charge < -0.3 is 9.72 Å². The predicted octanol–water partition coefficient (Wildman–Crippen LogP) is 3.16. The molecule has 2 saturated heterocycles. The van der Waals surface area contributed by atoms with Crippen molar-refractivity contribution in [1.29, 1.82) is 0 Å². The number of ether oxygens (including phenoxy) is 1. The minimum Gasteiger partial charge on any atom is -0.376 e. The van der Waals surface area contributed by atoms with Gasteiger partial charge in [-0.15, -0.1) is 5.10 Å². The maximum absolute atomic E-state index is 13.5. The van der Waals surface area contributed by atoms with Crippen molar-refractivity contribution in [3.05, 3.63) is 87.5 Å². The van der Waals surface area contributed by atoms with Gasteiger partial charge >= 0.3 is 0 Å². The molecule has 4 heterocycles. The van der Waals surface area contributed by atoms with Gasteiger partial charge in [-0.2, -0.15) is 0 Å². The van der Waals surface area contributed by atoms with Crippen LogP contribution in [0.5, 0.6) is 0 Å². The van der Waals surface area contributed by atoms with E-state index in [0.29, 0.717) is 17.9 Å². The SMILES string of the molecule is CCc1ccc2[nH]c(=O)c([C@H](c3nnnn3C[C@H]3CCCO3)N3CCN(Cc4ccccc4)CC3)cc2c1. The van der Waals surface area contributed by atoms with E-state index >= 15 is 0 Å². The van der Waals surface area contributed by atoms with Crippen LogP contribution in [0, 0.1) is 0 Å². The molecule has 38 heavy (non-hydrogen) atoms. The Morgan fingerprint density at radius 2 is 1.89 bits per heavy atom. The molecule has 2 fully saturated rings. The molecular weight excluding hydrogens is 478 g/mol. The molecule has 0 unspecified atom stereocenters. The average molecular weight is 514 g/mol. The summed E-state index contributed by atoms with van der Waals surface area (Å²) in [6.45, 7) is 7.89. The first kappa shape index (κ1) is 24.9. The molecule has 2 aromatic carbocycles. The number of tetrazole rings is 1. The van der Waals surface area contributed by atoms with Crippen LogP contribution in [0.3, 0.4) is 0 Å². The quantitative estimate of drug-likeness (QED) is 0.387. The summed E-state index contributed by atoms with van der Waals surface area (Å²) < 4.78 is 7.74. The summed E-state index contributed by atoms with van der Waals surface area (Å²) >= 11 is 0. The van der Waals surface area contributed by atoms with Gasteiger partial charge in [0.2, 0.25) is 0 Å². The van der Waals surface area contributed by atoms with E-state index in [4.69, 9.17) is 4.74 Å². The summed E-state index contributed by atoms with van der Waals surface area (Å²) in [6, 6.07) is 18.5. The van der Waals surface area contributed by atoms with Gasteiger partial charge in [-0.1, -0.05) is 43.3 Å². The molecule has 9 heteroatoms. The molecule has 2 aliphatic rings. The Morgan fingerprint density at radius 1 is 1.05 bits per heavy atom. The van der Waals surface area contributed by atoms with Gasteiger partial charge in [0, 0.05) is 50.4 Å². The number of pyridine rings is 1. The van der Waals surface area contributed by atoms with E-state index in [9.17, 15) is 4.79 Å². The summed E-state index contributed by atoms with van der Waals surface area (Å²) in [5.74, 6) is 0.702. The monoisotopic (exact) mass is 513 g/mol.